The van der Waals surface area contributed by atoms with Crippen molar-refractivity contribution in [1.29, 1.82) is 0 Å². The Kier molecular flexibility index (Phi) is 10.6. The summed E-state index contributed by atoms with van der Waals surface area (Å²) in [6.07, 6.45) is 16.9. The van der Waals surface area contributed by atoms with E-state index in [1.54, 1.807) is 5.57 Å². The van der Waals surface area contributed by atoms with Gasteiger partial charge in [-0.15, -0.1) is 0 Å². The van der Waals surface area contributed by atoms with Crippen LogP contribution in [0, 0.1) is 17.8 Å². The summed E-state index contributed by atoms with van der Waals surface area (Å²) >= 11 is 0. The molecule has 0 unspecified atom stereocenters. The lowest BCUT2D eigenvalue weighted by atomic mass is 9.88. The number of hydrogen-bond acceptors (Lipinski definition) is 4. The number of rotatable bonds is 14. The topological polar surface area (TPSA) is 72.7 Å². The molecule has 27 heavy (non-hydrogen) atoms. The summed E-state index contributed by atoms with van der Waals surface area (Å²) in [5, 5.41) is 32.5. The Morgan fingerprint density at radius 3 is 2.81 bits per heavy atom. The van der Waals surface area contributed by atoms with Crippen LogP contribution in [0.5, 0.6) is 0 Å². The highest BCUT2D eigenvalue weighted by Gasteiger charge is 2.43. The predicted molar refractivity (Wildman–Crippen MR) is 112 cm³/mol. The van der Waals surface area contributed by atoms with Crippen LogP contribution in [0.4, 0.5) is 0 Å². The van der Waals surface area contributed by atoms with Gasteiger partial charge in [0.15, 0.2) is 0 Å². The molecule has 1 saturated carbocycles. The lowest BCUT2D eigenvalue weighted by Crippen LogP contribution is -2.19. The molecule has 0 spiro atoms. The van der Waals surface area contributed by atoms with Crippen molar-refractivity contribution in [1.82, 2.24) is 5.32 Å². The Labute approximate surface area is 165 Å². The molecule has 4 nitrogen and oxygen atoms in total. The van der Waals surface area contributed by atoms with Gasteiger partial charge in [0.2, 0.25) is 0 Å². The van der Waals surface area contributed by atoms with E-state index >= 15 is 0 Å². The molecule has 4 heteroatoms. The molecule has 1 fully saturated rings. The van der Waals surface area contributed by atoms with Crippen molar-refractivity contribution in [3.05, 3.63) is 23.8 Å². The second kappa shape index (κ2) is 12.7. The second-order valence-corrected chi connectivity index (χ2v) is 8.47. The average molecular weight is 380 g/mol. The zero-order valence-corrected chi connectivity index (χ0v) is 17.2. The molecule has 0 aromatic heterocycles. The summed E-state index contributed by atoms with van der Waals surface area (Å²) in [6, 6.07) is 0. The van der Waals surface area contributed by atoms with Crippen molar-refractivity contribution in [2.24, 2.45) is 17.8 Å². The maximum atomic E-state index is 10.4. The van der Waals surface area contributed by atoms with E-state index in [4.69, 9.17) is 5.11 Å². The molecule has 2 rings (SSSR count). The van der Waals surface area contributed by atoms with Crippen LogP contribution in [-0.4, -0.2) is 47.2 Å². The van der Waals surface area contributed by atoms with Gasteiger partial charge in [-0.05, 0) is 56.9 Å². The first-order valence-corrected chi connectivity index (χ1v) is 11.2. The van der Waals surface area contributed by atoms with Crippen LogP contribution in [0.25, 0.3) is 0 Å². The molecular formula is C23H41NO3. The van der Waals surface area contributed by atoms with Crippen molar-refractivity contribution >= 4 is 0 Å². The highest BCUT2D eigenvalue weighted by molar-refractivity contribution is 5.20. The number of aliphatic hydroxyl groups excluding tert-OH is 3. The normalized spacial score (nSPS) is 28.7. The van der Waals surface area contributed by atoms with E-state index in [2.05, 4.69) is 24.4 Å². The van der Waals surface area contributed by atoms with E-state index < -0.39 is 0 Å². The largest absolute Gasteiger partial charge is 0.395 e. The monoisotopic (exact) mass is 379 g/mol. The lowest BCUT2D eigenvalue weighted by Gasteiger charge is -2.19. The van der Waals surface area contributed by atoms with Crippen molar-refractivity contribution in [2.45, 2.75) is 83.3 Å². The van der Waals surface area contributed by atoms with Gasteiger partial charge in [-0.1, -0.05) is 56.4 Å². The predicted octanol–water partition coefficient (Wildman–Crippen LogP) is 3.57. The molecule has 2 aliphatic carbocycles. The first-order chi connectivity index (χ1) is 13.2. The molecule has 0 amide bonds. The summed E-state index contributed by atoms with van der Waals surface area (Å²) in [4.78, 5) is 0. The minimum Gasteiger partial charge on any atom is -0.395 e. The minimum atomic E-state index is -0.365. The van der Waals surface area contributed by atoms with Crippen molar-refractivity contribution in [3.8, 4) is 0 Å². The number of fused-ring (bicyclic) bond motifs is 1. The number of unbranched alkanes of at least 4 members (excludes halogenated alkanes) is 4. The molecular weight excluding hydrogens is 338 g/mol. The third kappa shape index (κ3) is 7.69. The lowest BCUT2D eigenvalue weighted by molar-refractivity contribution is 0.139. The quantitative estimate of drug-likeness (QED) is 0.275. The van der Waals surface area contributed by atoms with E-state index in [9.17, 15) is 10.2 Å². The third-order valence-corrected chi connectivity index (χ3v) is 6.25. The smallest absolute Gasteiger partial charge is 0.0721 e. The number of allylic oxidation sites excluding steroid dienone is 2. The first-order valence-electron chi connectivity index (χ1n) is 11.2. The molecule has 0 aromatic carbocycles. The fraction of sp³-hybridized carbons (Fsp3) is 0.826. The van der Waals surface area contributed by atoms with E-state index in [1.807, 2.05) is 6.08 Å². The van der Waals surface area contributed by atoms with Crippen molar-refractivity contribution in [2.75, 3.05) is 19.7 Å². The highest BCUT2D eigenvalue weighted by atomic mass is 16.3. The van der Waals surface area contributed by atoms with Gasteiger partial charge in [0.1, 0.15) is 0 Å². The molecule has 0 aromatic rings. The van der Waals surface area contributed by atoms with Gasteiger partial charge in [0.05, 0.1) is 18.8 Å². The Bertz CT molecular complexity index is 463. The highest BCUT2D eigenvalue weighted by Crippen LogP contribution is 2.48. The molecule has 5 atom stereocenters. The minimum absolute atomic E-state index is 0.201. The summed E-state index contributed by atoms with van der Waals surface area (Å²) in [5.74, 6) is 1.25. The number of hydrogen-bond donors (Lipinski definition) is 4. The Balaban J connectivity index is 1.69. The molecule has 0 radical (unpaired) electrons. The number of nitrogens with one attached hydrogen (secondary N) is 1. The summed E-state index contributed by atoms with van der Waals surface area (Å²) in [5.41, 5.74) is 1.57. The fourth-order valence-corrected chi connectivity index (χ4v) is 4.73. The van der Waals surface area contributed by atoms with Crippen LogP contribution in [0.3, 0.4) is 0 Å². The first kappa shape index (κ1) is 22.6. The molecule has 0 saturated heterocycles. The van der Waals surface area contributed by atoms with Crippen LogP contribution >= 0.6 is 0 Å². The van der Waals surface area contributed by atoms with Gasteiger partial charge in [0.25, 0.3) is 0 Å². The summed E-state index contributed by atoms with van der Waals surface area (Å²) in [7, 11) is 0. The standard InChI is InChI=1S/C23H41NO3/c1-2-3-5-9-20(26)10-11-21-22-16-18(15-19(22)17-23(21)27)8-6-4-7-12-24-13-14-25/h10-11,15,19-27H,2-9,12-14,16-17H2,1H3/b11-10+/t19-,20-,21+,22-,23+/m0/s1. The second-order valence-electron chi connectivity index (χ2n) is 8.47. The fourth-order valence-electron chi connectivity index (χ4n) is 4.73. The molecule has 0 heterocycles. The molecule has 0 aliphatic heterocycles. The molecule has 0 bridgehead atoms. The maximum absolute atomic E-state index is 10.4. The molecule has 4 N–H and O–H groups in total. The molecule has 156 valence electrons. The van der Waals surface area contributed by atoms with Gasteiger partial charge in [-0.25, -0.2) is 0 Å². The zero-order valence-electron chi connectivity index (χ0n) is 17.2. The van der Waals surface area contributed by atoms with Crippen LogP contribution < -0.4 is 5.32 Å². The summed E-state index contributed by atoms with van der Waals surface area (Å²) in [6.45, 7) is 4.08. The Morgan fingerprint density at radius 1 is 1.19 bits per heavy atom. The van der Waals surface area contributed by atoms with Gasteiger partial charge >= 0.3 is 0 Å². The van der Waals surface area contributed by atoms with E-state index in [0.717, 1.165) is 32.2 Å². The average Bonchev–Trinajstić information content (AvgIpc) is 3.16. The SMILES string of the molecule is CCCCC[C@H](O)/C=C/[C@@H]1[C@H]2CC(CCCCCNCCO)=C[C@H]2C[C@H]1O. The van der Waals surface area contributed by atoms with Crippen LogP contribution in [-0.2, 0) is 0 Å². The van der Waals surface area contributed by atoms with Gasteiger partial charge in [-0.3, -0.25) is 0 Å². The van der Waals surface area contributed by atoms with Gasteiger partial charge in [0, 0.05) is 12.5 Å². The maximum Gasteiger partial charge on any atom is 0.0721 e. The van der Waals surface area contributed by atoms with Crippen LogP contribution in [0.1, 0.15) is 71.1 Å². The Hall–Kier alpha value is -0.680. The van der Waals surface area contributed by atoms with Crippen molar-refractivity contribution in [3.63, 3.8) is 0 Å². The van der Waals surface area contributed by atoms with Crippen LogP contribution in [0.15, 0.2) is 23.8 Å². The van der Waals surface area contributed by atoms with E-state index in [0.29, 0.717) is 18.4 Å². The van der Waals surface area contributed by atoms with Crippen LogP contribution in [0.2, 0.25) is 0 Å². The summed E-state index contributed by atoms with van der Waals surface area (Å²) < 4.78 is 0. The van der Waals surface area contributed by atoms with Gasteiger partial charge < -0.3 is 20.6 Å². The Morgan fingerprint density at radius 2 is 2.04 bits per heavy atom. The van der Waals surface area contributed by atoms with E-state index in [1.165, 1.54) is 38.5 Å². The third-order valence-electron chi connectivity index (χ3n) is 6.25. The van der Waals surface area contributed by atoms with Gasteiger partial charge in [-0.2, -0.15) is 0 Å². The molecule has 2 aliphatic rings. The number of aliphatic hydroxyl groups is 3. The van der Waals surface area contributed by atoms with E-state index in [-0.39, 0.29) is 24.7 Å². The zero-order chi connectivity index (χ0) is 19.5. The van der Waals surface area contributed by atoms with Crippen molar-refractivity contribution < 1.29 is 15.3 Å².